The van der Waals surface area contributed by atoms with Crippen molar-refractivity contribution in [3.8, 4) is 5.75 Å². The predicted molar refractivity (Wildman–Crippen MR) is 111 cm³/mol. The van der Waals surface area contributed by atoms with E-state index in [4.69, 9.17) is 9.26 Å². The number of piperazine rings is 1. The van der Waals surface area contributed by atoms with E-state index in [9.17, 15) is 4.79 Å². The largest absolute Gasteiger partial charge is 0.494 e. The average molecular weight is 401 g/mol. The SMILES string of the molecule is CCOc1ccc(CN2CCN(C(=O)CCCc3nc(C(C)C)no3)CC2)cc1. The Labute approximate surface area is 173 Å². The molecule has 0 N–H and O–H groups in total. The van der Waals surface area contributed by atoms with Crippen molar-refractivity contribution in [1.29, 1.82) is 0 Å². The summed E-state index contributed by atoms with van der Waals surface area (Å²) in [5, 5.41) is 3.97. The molecule has 1 saturated heterocycles. The summed E-state index contributed by atoms with van der Waals surface area (Å²) in [4.78, 5) is 21.2. The number of rotatable bonds is 9. The molecule has 29 heavy (non-hydrogen) atoms. The molecule has 2 aromatic rings. The van der Waals surface area contributed by atoms with Crippen LogP contribution in [-0.4, -0.2) is 58.6 Å². The molecule has 0 atom stereocenters. The molecule has 7 nitrogen and oxygen atoms in total. The van der Waals surface area contributed by atoms with Gasteiger partial charge in [-0.05, 0) is 31.0 Å². The first-order valence-electron chi connectivity index (χ1n) is 10.6. The van der Waals surface area contributed by atoms with Gasteiger partial charge in [0.2, 0.25) is 11.8 Å². The van der Waals surface area contributed by atoms with Crippen LogP contribution in [0.25, 0.3) is 0 Å². The number of carbonyl (C=O) groups excluding carboxylic acids is 1. The number of hydrogen-bond donors (Lipinski definition) is 0. The number of hydrogen-bond acceptors (Lipinski definition) is 6. The van der Waals surface area contributed by atoms with Gasteiger partial charge in [-0.1, -0.05) is 31.1 Å². The van der Waals surface area contributed by atoms with Gasteiger partial charge in [-0.15, -0.1) is 0 Å². The summed E-state index contributed by atoms with van der Waals surface area (Å²) in [5.41, 5.74) is 1.27. The molecular weight excluding hydrogens is 368 g/mol. The van der Waals surface area contributed by atoms with Crippen molar-refractivity contribution < 1.29 is 14.1 Å². The number of aryl methyl sites for hydroxylation is 1. The summed E-state index contributed by atoms with van der Waals surface area (Å²) in [5.74, 6) is 2.74. The first-order valence-corrected chi connectivity index (χ1v) is 10.6. The molecule has 1 fully saturated rings. The lowest BCUT2D eigenvalue weighted by atomic mass is 10.1. The van der Waals surface area contributed by atoms with E-state index in [0.717, 1.165) is 50.7 Å². The van der Waals surface area contributed by atoms with Crippen molar-refractivity contribution in [3.63, 3.8) is 0 Å². The second-order valence-electron chi connectivity index (χ2n) is 7.79. The van der Waals surface area contributed by atoms with Crippen LogP contribution >= 0.6 is 0 Å². The standard InChI is InChI=1S/C22H32N4O3/c1-4-28-19-10-8-18(9-11-19)16-25-12-14-26(15-13-25)21(27)7-5-6-20-23-22(17(2)3)24-29-20/h8-11,17H,4-7,12-16H2,1-3H3. The second kappa shape index (κ2) is 10.4. The lowest BCUT2D eigenvalue weighted by Crippen LogP contribution is -2.48. The molecule has 1 amide bonds. The van der Waals surface area contributed by atoms with E-state index in [-0.39, 0.29) is 11.8 Å². The Kier molecular flexibility index (Phi) is 7.63. The highest BCUT2D eigenvalue weighted by atomic mass is 16.5. The third-order valence-electron chi connectivity index (χ3n) is 5.15. The Balaban J connectivity index is 1.36. The van der Waals surface area contributed by atoms with Gasteiger partial charge in [0, 0.05) is 51.5 Å². The second-order valence-corrected chi connectivity index (χ2v) is 7.79. The zero-order chi connectivity index (χ0) is 20.6. The number of ether oxygens (including phenoxy) is 1. The predicted octanol–water partition coefficient (Wildman–Crippen LogP) is 3.26. The van der Waals surface area contributed by atoms with Gasteiger partial charge in [0.25, 0.3) is 0 Å². The lowest BCUT2D eigenvalue weighted by Gasteiger charge is -2.34. The van der Waals surface area contributed by atoms with Crippen molar-refractivity contribution in [2.24, 2.45) is 0 Å². The molecule has 1 aromatic carbocycles. The van der Waals surface area contributed by atoms with Crippen LogP contribution in [0.1, 0.15) is 56.8 Å². The molecule has 0 bridgehead atoms. The van der Waals surface area contributed by atoms with Gasteiger partial charge < -0.3 is 14.2 Å². The summed E-state index contributed by atoms with van der Waals surface area (Å²) >= 11 is 0. The molecule has 0 aliphatic carbocycles. The Bertz CT molecular complexity index is 765. The van der Waals surface area contributed by atoms with Gasteiger partial charge in [0.15, 0.2) is 5.82 Å². The first kappa shape index (κ1) is 21.3. The molecule has 2 heterocycles. The van der Waals surface area contributed by atoms with E-state index in [1.165, 1.54) is 5.56 Å². The third kappa shape index (κ3) is 6.29. The van der Waals surface area contributed by atoms with Crippen LogP contribution < -0.4 is 4.74 Å². The number of benzene rings is 1. The summed E-state index contributed by atoms with van der Waals surface area (Å²) in [6.07, 6.45) is 1.92. The van der Waals surface area contributed by atoms with Gasteiger partial charge >= 0.3 is 0 Å². The minimum Gasteiger partial charge on any atom is -0.494 e. The zero-order valence-electron chi connectivity index (χ0n) is 17.8. The van der Waals surface area contributed by atoms with E-state index in [2.05, 4.69) is 27.2 Å². The number of nitrogens with zero attached hydrogens (tertiary/aromatic N) is 4. The fraction of sp³-hybridized carbons (Fsp3) is 0.591. The lowest BCUT2D eigenvalue weighted by molar-refractivity contribution is -0.133. The molecule has 0 radical (unpaired) electrons. The van der Waals surface area contributed by atoms with Crippen LogP contribution in [0.3, 0.4) is 0 Å². The topological polar surface area (TPSA) is 71.7 Å². The van der Waals surface area contributed by atoms with E-state index >= 15 is 0 Å². The Morgan fingerprint density at radius 1 is 1.17 bits per heavy atom. The van der Waals surface area contributed by atoms with Gasteiger partial charge in [-0.3, -0.25) is 9.69 Å². The smallest absolute Gasteiger partial charge is 0.226 e. The van der Waals surface area contributed by atoms with Crippen LogP contribution in [-0.2, 0) is 17.8 Å². The molecule has 0 spiro atoms. The van der Waals surface area contributed by atoms with Crippen molar-refractivity contribution in [2.75, 3.05) is 32.8 Å². The van der Waals surface area contributed by atoms with Gasteiger partial charge in [-0.25, -0.2) is 0 Å². The van der Waals surface area contributed by atoms with Crippen LogP contribution in [0.4, 0.5) is 0 Å². The molecule has 7 heteroatoms. The number of aromatic nitrogens is 2. The molecule has 3 rings (SSSR count). The van der Waals surface area contributed by atoms with Crippen molar-refractivity contribution in [2.45, 2.75) is 52.5 Å². The molecule has 0 saturated carbocycles. The monoisotopic (exact) mass is 400 g/mol. The van der Waals surface area contributed by atoms with Crippen LogP contribution in [0.2, 0.25) is 0 Å². The number of amides is 1. The maximum Gasteiger partial charge on any atom is 0.226 e. The van der Waals surface area contributed by atoms with Crippen LogP contribution in [0.15, 0.2) is 28.8 Å². The van der Waals surface area contributed by atoms with Gasteiger partial charge in [-0.2, -0.15) is 4.98 Å². The molecule has 1 aromatic heterocycles. The maximum absolute atomic E-state index is 12.5. The molecule has 158 valence electrons. The minimum absolute atomic E-state index is 0.217. The number of carbonyl (C=O) groups is 1. The highest BCUT2D eigenvalue weighted by Crippen LogP contribution is 2.16. The first-order chi connectivity index (χ1) is 14.0. The van der Waals surface area contributed by atoms with E-state index in [1.807, 2.05) is 37.8 Å². The zero-order valence-corrected chi connectivity index (χ0v) is 17.8. The molecule has 0 unspecified atom stereocenters. The average Bonchev–Trinajstić information content (AvgIpc) is 3.19. The molecule has 1 aliphatic rings. The van der Waals surface area contributed by atoms with Gasteiger partial charge in [0.05, 0.1) is 6.61 Å². The normalized spacial score (nSPS) is 15.1. The molecule has 1 aliphatic heterocycles. The van der Waals surface area contributed by atoms with Crippen LogP contribution in [0, 0.1) is 0 Å². The summed E-state index contributed by atoms with van der Waals surface area (Å²) < 4.78 is 10.7. The summed E-state index contributed by atoms with van der Waals surface area (Å²) in [6, 6.07) is 8.27. The Morgan fingerprint density at radius 3 is 2.52 bits per heavy atom. The van der Waals surface area contributed by atoms with Gasteiger partial charge in [0.1, 0.15) is 5.75 Å². The third-order valence-corrected chi connectivity index (χ3v) is 5.15. The fourth-order valence-corrected chi connectivity index (χ4v) is 3.42. The van der Waals surface area contributed by atoms with E-state index in [1.54, 1.807) is 0 Å². The fourth-order valence-electron chi connectivity index (χ4n) is 3.42. The highest BCUT2D eigenvalue weighted by Gasteiger charge is 2.21. The Morgan fingerprint density at radius 2 is 1.90 bits per heavy atom. The maximum atomic E-state index is 12.5. The summed E-state index contributed by atoms with van der Waals surface area (Å²) in [6.45, 7) is 11.0. The van der Waals surface area contributed by atoms with E-state index in [0.29, 0.717) is 25.3 Å². The summed E-state index contributed by atoms with van der Waals surface area (Å²) in [7, 11) is 0. The van der Waals surface area contributed by atoms with Crippen molar-refractivity contribution in [3.05, 3.63) is 41.5 Å². The van der Waals surface area contributed by atoms with Crippen molar-refractivity contribution in [1.82, 2.24) is 19.9 Å². The molecular formula is C22H32N4O3. The minimum atomic E-state index is 0.217. The highest BCUT2D eigenvalue weighted by molar-refractivity contribution is 5.76. The quantitative estimate of drug-likeness (QED) is 0.643. The van der Waals surface area contributed by atoms with Crippen LogP contribution in [0.5, 0.6) is 5.75 Å². The van der Waals surface area contributed by atoms with Crippen molar-refractivity contribution >= 4 is 5.91 Å². The van der Waals surface area contributed by atoms with E-state index < -0.39 is 0 Å². The Hall–Kier alpha value is -2.41.